The Kier molecular flexibility index (Phi) is 2.34. The lowest BCUT2D eigenvalue weighted by molar-refractivity contribution is 0.475. The van der Waals surface area contributed by atoms with Gasteiger partial charge in [0.1, 0.15) is 17.1 Å². The molecular formula is C14H9NO3. The van der Waals surface area contributed by atoms with Crippen molar-refractivity contribution in [3.8, 4) is 17.1 Å². The van der Waals surface area contributed by atoms with Gasteiger partial charge >= 0.3 is 0 Å². The molecule has 4 heteroatoms. The number of pyridine rings is 1. The minimum Gasteiger partial charge on any atom is -0.508 e. The van der Waals surface area contributed by atoms with Crippen molar-refractivity contribution < 1.29 is 9.52 Å². The third-order valence-electron chi connectivity index (χ3n) is 2.68. The topological polar surface area (TPSA) is 63.3 Å². The van der Waals surface area contributed by atoms with Crippen LogP contribution in [0.25, 0.3) is 22.3 Å². The van der Waals surface area contributed by atoms with E-state index in [0.29, 0.717) is 16.7 Å². The first-order valence-corrected chi connectivity index (χ1v) is 5.41. The van der Waals surface area contributed by atoms with Crippen LogP contribution in [-0.2, 0) is 0 Å². The molecule has 0 saturated heterocycles. The van der Waals surface area contributed by atoms with Gasteiger partial charge in [-0.05, 0) is 30.3 Å². The SMILES string of the molecule is O=c1cc(-c2ccc(O)cc2)oc2ccncc12. The number of nitrogens with zero attached hydrogens (tertiary/aromatic N) is 1. The smallest absolute Gasteiger partial charge is 0.194 e. The molecule has 0 unspecified atom stereocenters. The summed E-state index contributed by atoms with van der Waals surface area (Å²) in [7, 11) is 0. The summed E-state index contributed by atoms with van der Waals surface area (Å²) in [6, 6.07) is 9.57. The number of benzene rings is 1. The van der Waals surface area contributed by atoms with Gasteiger partial charge in [-0.15, -0.1) is 0 Å². The number of rotatable bonds is 1. The Hall–Kier alpha value is -2.62. The molecule has 0 atom stereocenters. The van der Waals surface area contributed by atoms with Gasteiger partial charge in [0.25, 0.3) is 0 Å². The number of aromatic nitrogens is 1. The summed E-state index contributed by atoms with van der Waals surface area (Å²) in [5, 5.41) is 9.69. The Morgan fingerprint density at radius 3 is 2.67 bits per heavy atom. The Balaban J connectivity index is 2.24. The standard InChI is InChI=1S/C14H9NO3/c16-10-3-1-9(2-4-10)14-7-12(17)11-8-15-6-5-13(11)18-14/h1-8,16H. The van der Waals surface area contributed by atoms with Gasteiger partial charge in [0.2, 0.25) is 0 Å². The highest BCUT2D eigenvalue weighted by Gasteiger charge is 2.06. The molecule has 0 saturated carbocycles. The van der Waals surface area contributed by atoms with E-state index in [1.807, 2.05) is 0 Å². The molecule has 18 heavy (non-hydrogen) atoms. The van der Waals surface area contributed by atoms with E-state index >= 15 is 0 Å². The summed E-state index contributed by atoms with van der Waals surface area (Å²) in [6.07, 6.45) is 3.06. The third-order valence-corrected chi connectivity index (χ3v) is 2.68. The number of fused-ring (bicyclic) bond motifs is 1. The van der Waals surface area contributed by atoms with Crippen LogP contribution in [0.3, 0.4) is 0 Å². The second-order valence-corrected chi connectivity index (χ2v) is 3.89. The van der Waals surface area contributed by atoms with Crippen LogP contribution >= 0.6 is 0 Å². The van der Waals surface area contributed by atoms with Crippen molar-refractivity contribution in [2.45, 2.75) is 0 Å². The molecular weight excluding hydrogens is 230 g/mol. The molecule has 3 aromatic rings. The average Bonchev–Trinajstić information content (AvgIpc) is 2.39. The highest BCUT2D eigenvalue weighted by molar-refractivity contribution is 5.77. The first kappa shape index (κ1) is 10.5. The third kappa shape index (κ3) is 1.73. The van der Waals surface area contributed by atoms with Crippen molar-refractivity contribution in [3.05, 3.63) is 59.0 Å². The van der Waals surface area contributed by atoms with Crippen molar-refractivity contribution in [2.75, 3.05) is 0 Å². The van der Waals surface area contributed by atoms with Gasteiger partial charge in [-0.2, -0.15) is 0 Å². The number of phenolic OH excluding ortho intramolecular Hbond substituents is 1. The van der Waals surface area contributed by atoms with Gasteiger partial charge in [0.05, 0.1) is 5.39 Å². The number of aromatic hydroxyl groups is 1. The zero-order valence-electron chi connectivity index (χ0n) is 9.33. The van der Waals surface area contributed by atoms with Crippen molar-refractivity contribution in [1.82, 2.24) is 4.98 Å². The maximum absolute atomic E-state index is 11.9. The normalized spacial score (nSPS) is 10.7. The van der Waals surface area contributed by atoms with E-state index in [9.17, 15) is 9.90 Å². The van der Waals surface area contributed by atoms with Crippen molar-refractivity contribution in [1.29, 1.82) is 0 Å². The van der Waals surface area contributed by atoms with E-state index in [2.05, 4.69) is 4.98 Å². The zero-order chi connectivity index (χ0) is 12.5. The maximum atomic E-state index is 11.9. The quantitative estimate of drug-likeness (QED) is 0.708. The molecule has 1 aromatic carbocycles. The van der Waals surface area contributed by atoms with Crippen LogP contribution in [-0.4, -0.2) is 10.1 Å². The van der Waals surface area contributed by atoms with E-state index in [-0.39, 0.29) is 11.2 Å². The van der Waals surface area contributed by atoms with Crippen molar-refractivity contribution in [3.63, 3.8) is 0 Å². The van der Waals surface area contributed by atoms with Crippen LogP contribution < -0.4 is 5.43 Å². The molecule has 0 fully saturated rings. The predicted octanol–water partition coefficient (Wildman–Crippen LogP) is 2.56. The molecule has 2 heterocycles. The van der Waals surface area contributed by atoms with E-state index in [1.165, 1.54) is 12.3 Å². The Morgan fingerprint density at radius 2 is 1.89 bits per heavy atom. The fraction of sp³-hybridized carbons (Fsp3) is 0. The fourth-order valence-electron chi connectivity index (χ4n) is 1.77. The summed E-state index contributed by atoms with van der Waals surface area (Å²) >= 11 is 0. The van der Waals surface area contributed by atoms with E-state index in [4.69, 9.17) is 4.42 Å². The molecule has 0 aliphatic carbocycles. The molecule has 1 N–H and O–H groups in total. The van der Waals surface area contributed by atoms with Crippen LogP contribution in [0.4, 0.5) is 0 Å². The molecule has 88 valence electrons. The fourth-order valence-corrected chi connectivity index (χ4v) is 1.77. The Labute approximate surface area is 102 Å². The zero-order valence-corrected chi connectivity index (χ0v) is 9.33. The van der Waals surface area contributed by atoms with E-state index in [0.717, 1.165) is 5.56 Å². The number of hydrogen-bond donors (Lipinski definition) is 1. The van der Waals surface area contributed by atoms with Crippen LogP contribution in [0.2, 0.25) is 0 Å². The second-order valence-electron chi connectivity index (χ2n) is 3.89. The monoisotopic (exact) mass is 239 g/mol. The van der Waals surface area contributed by atoms with Gasteiger partial charge < -0.3 is 9.52 Å². The molecule has 0 aliphatic heterocycles. The van der Waals surface area contributed by atoms with Crippen LogP contribution in [0.15, 0.2) is 58.0 Å². The van der Waals surface area contributed by atoms with Crippen LogP contribution in [0, 0.1) is 0 Å². The van der Waals surface area contributed by atoms with Crippen LogP contribution in [0.1, 0.15) is 0 Å². The minimum atomic E-state index is -0.132. The first-order chi connectivity index (χ1) is 8.74. The van der Waals surface area contributed by atoms with Gasteiger partial charge in [0, 0.05) is 24.0 Å². The van der Waals surface area contributed by atoms with Crippen molar-refractivity contribution in [2.24, 2.45) is 0 Å². The summed E-state index contributed by atoms with van der Waals surface area (Å²) < 4.78 is 5.65. The molecule has 0 radical (unpaired) electrons. The lowest BCUT2D eigenvalue weighted by Crippen LogP contribution is -2.00. The number of hydrogen-bond acceptors (Lipinski definition) is 4. The summed E-state index contributed by atoms with van der Waals surface area (Å²) in [6.45, 7) is 0. The minimum absolute atomic E-state index is 0.132. The lowest BCUT2D eigenvalue weighted by atomic mass is 10.1. The molecule has 3 rings (SSSR count). The van der Waals surface area contributed by atoms with Gasteiger partial charge in [-0.1, -0.05) is 0 Å². The molecule has 2 aromatic heterocycles. The Morgan fingerprint density at radius 1 is 1.11 bits per heavy atom. The van der Waals surface area contributed by atoms with Gasteiger partial charge in [0.15, 0.2) is 5.43 Å². The molecule has 0 aliphatic rings. The Bertz CT molecular complexity index is 760. The summed E-state index contributed by atoms with van der Waals surface area (Å²) in [5.41, 5.74) is 1.11. The van der Waals surface area contributed by atoms with E-state index < -0.39 is 0 Å². The number of phenols is 1. The van der Waals surface area contributed by atoms with E-state index in [1.54, 1.807) is 36.5 Å². The largest absolute Gasteiger partial charge is 0.508 e. The second kappa shape index (κ2) is 4.00. The highest BCUT2D eigenvalue weighted by atomic mass is 16.3. The molecule has 0 spiro atoms. The lowest BCUT2D eigenvalue weighted by Gasteiger charge is -2.02. The molecule has 4 nitrogen and oxygen atoms in total. The maximum Gasteiger partial charge on any atom is 0.194 e. The summed E-state index contributed by atoms with van der Waals surface area (Å²) in [4.78, 5) is 15.8. The average molecular weight is 239 g/mol. The highest BCUT2D eigenvalue weighted by Crippen LogP contribution is 2.23. The summed E-state index contributed by atoms with van der Waals surface area (Å²) in [5.74, 6) is 0.643. The van der Waals surface area contributed by atoms with Crippen LogP contribution in [0.5, 0.6) is 5.75 Å². The molecule has 0 bridgehead atoms. The van der Waals surface area contributed by atoms with Gasteiger partial charge in [-0.25, -0.2) is 0 Å². The molecule has 0 amide bonds. The van der Waals surface area contributed by atoms with Gasteiger partial charge in [-0.3, -0.25) is 9.78 Å². The van der Waals surface area contributed by atoms with Crippen molar-refractivity contribution >= 4 is 11.0 Å². The first-order valence-electron chi connectivity index (χ1n) is 5.41. The predicted molar refractivity (Wildman–Crippen MR) is 67.4 cm³/mol.